The van der Waals surface area contributed by atoms with Gasteiger partial charge in [-0.25, -0.2) is 0 Å². The average molecular weight is 829 g/mol. The molecule has 0 unspecified atom stereocenters. The zero-order valence-corrected chi connectivity index (χ0v) is 35.8. The van der Waals surface area contributed by atoms with Crippen LogP contribution in [0, 0.1) is 0 Å². The number of hydrogen-bond acceptors (Lipinski definition) is 6. The van der Waals surface area contributed by atoms with Gasteiger partial charge in [0.15, 0.2) is 23.1 Å². The van der Waals surface area contributed by atoms with Gasteiger partial charge in [0.05, 0.1) is 22.5 Å². The van der Waals surface area contributed by atoms with Crippen molar-refractivity contribution in [2.24, 2.45) is 0 Å². The first kappa shape index (κ1) is 43.8. The summed E-state index contributed by atoms with van der Waals surface area (Å²) in [6.07, 6.45) is 20.0. The normalized spacial score (nSPS) is 12.7. The summed E-state index contributed by atoms with van der Waals surface area (Å²) < 4.78 is 0. The van der Waals surface area contributed by atoms with E-state index in [-0.39, 0.29) is 79.3 Å². The van der Waals surface area contributed by atoms with E-state index in [4.69, 9.17) is 0 Å². The summed E-state index contributed by atoms with van der Waals surface area (Å²) in [5.41, 5.74) is 2.15. The molecular weight excluding hydrogens is 773 g/mol. The molecule has 0 fully saturated rings. The van der Waals surface area contributed by atoms with E-state index in [1.807, 2.05) is 0 Å². The predicted octanol–water partition coefficient (Wildman–Crippen LogP) is 12.7. The highest BCUT2D eigenvalue weighted by Crippen LogP contribution is 2.44. The van der Waals surface area contributed by atoms with Gasteiger partial charge < -0.3 is 10.6 Å². The molecule has 2 aliphatic rings. The highest BCUT2D eigenvalue weighted by atomic mass is 16.2. The second-order valence-corrected chi connectivity index (χ2v) is 16.7. The van der Waals surface area contributed by atoms with Crippen molar-refractivity contribution < 1.29 is 28.8 Å². The molecule has 318 valence electrons. The van der Waals surface area contributed by atoms with E-state index < -0.39 is 29.0 Å². The lowest BCUT2D eigenvalue weighted by Crippen LogP contribution is -2.27. The quantitative estimate of drug-likeness (QED) is 0.0695. The predicted molar refractivity (Wildman–Crippen MR) is 246 cm³/mol. The van der Waals surface area contributed by atoms with Crippen LogP contribution in [-0.2, 0) is 4.79 Å². The van der Waals surface area contributed by atoms with Crippen LogP contribution in [0.1, 0.15) is 190 Å². The van der Waals surface area contributed by atoms with Crippen LogP contribution in [0.4, 0.5) is 11.4 Å². The van der Waals surface area contributed by atoms with Crippen molar-refractivity contribution in [2.45, 2.75) is 116 Å². The topological polar surface area (TPSA) is 126 Å². The number of hydrogen-bond donors (Lipinski definition) is 2. The van der Waals surface area contributed by atoms with Crippen molar-refractivity contribution in [3.8, 4) is 11.1 Å². The number of nitrogens with one attached hydrogen (secondary N) is 2. The SMILES string of the molecule is CCCCCCCCCCCCCCCCCCC(=O)Nc1ccc(-c2ccc(NC(=O)c3ccccc3)c3c2C(=O)c2ccccc2C3=O)c2c1C(=O)c1ccccc1C2=O. The third kappa shape index (κ3) is 9.75. The highest BCUT2D eigenvalue weighted by molar-refractivity contribution is 6.35. The zero-order chi connectivity index (χ0) is 43.4. The van der Waals surface area contributed by atoms with Crippen LogP contribution < -0.4 is 10.6 Å². The van der Waals surface area contributed by atoms with Gasteiger partial charge in [-0.1, -0.05) is 182 Å². The Morgan fingerprint density at radius 1 is 0.371 bits per heavy atom. The second kappa shape index (κ2) is 21.0. The number of rotatable bonds is 21. The molecule has 0 bridgehead atoms. The summed E-state index contributed by atoms with van der Waals surface area (Å²) in [5, 5.41) is 5.78. The standard InChI is InChI=1S/C54H56N2O6/c1-2-3-4-5-6-7-8-9-10-11-12-13-14-15-16-20-31-45(57)55-43-34-32-37(46-48(43)52(60)41-29-23-21-27-39(41)50(46)58)38-33-35-44(56-54(62)36-25-18-17-19-26-36)49-47(38)51(59)40-28-22-24-30-42(40)53(49)61/h17-19,21-30,32-35H,2-16,20,31H2,1H3,(H,55,57)(H,56,62). The number of fused-ring (bicyclic) bond motifs is 4. The first-order valence-electron chi connectivity index (χ1n) is 22.7. The number of amides is 2. The Bertz CT molecular complexity index is 2480. The second-order valence-electron chi connectivity index (χ2n) is 16.7. The lowest BCUT2D eigenvalue weighted by atomic mass is 9.75. The number of carbonyl (C=O) groups is 6. The maximum Gasteiger partial charge on any atom is 0.255 e. The third-order valence-electron chi connectivity index (χ3n) is 12.3. The molecule has 0 saturated heterocycles. The van der Waals surface area contributed by atoms with Crippen LogP contribution in [0.15, 0.2) is 103 Å². The molecule has 5 aromatic carbocycles. The lowest BCUT2D eigenvalue weighted by Gasteiger charge is -2.26. The molecule has 0 radical (unpaired) electrons. The average Bonchev–Trinajstić information content (AvgIpc) is 3.30. The van der Waals surface area contributed by atoms with Crippen LogP contribution in [0.3, 0.4) is 0 Å². The summed E-state index contributed by atoms with van der Waals surface area (Å²) in [5.74, 6) is -2.50. The molecule has 0 aromatic heterocycles. The number of unbranched alkanes of at least 4 members (excludes halogenated alkanes) is 15. The summed E-state index contributed by atoms with van der Waals surface area (Å²) in [6, 6.07) is 28.0. The maximum absolute atomic E-state index is 14.5. The first-order chi connectivity index (χ1) is 30.3. The molecule has 0 atom stereocenters. The van der Waals surface area contributed by atoms with Crippen LogP contribution >= 0.6 is 0 Å². The largest absolute Gasteiger partial charge is 0.325 e. The van der Waals surface area contributed by atoms with Crippen molar-refractivity contribution in [3.05, 3.63) is 153 Å². The fourth-order valence-corrected chi connectivity index (χ4v) is 8.93. The fourth-order valence-electron chi connectivity index (χ4n) is 8.93. The van der Waals surface area contributed by atoms with Crippen molar-refractivity contribution in [2.75, 3.05) is 10.6 Å². The molecule has 2 N–H and O–H groups in total. The van der Waals surface area contributed by atoms with Crippen LogP contribution in [0.25, 0.3) is 11.1 Å². The van der Waals surface area contributed by atoms with E-state index in [0.717, 1.165) is 19.3 Å². The summed E-state index contributed by atoms with van der Waals surface area (Å²) in [6.45, 7) is 2.26. The van der Waals surface area contributed by atoms with Crippen molar-refractivity contribution in [3.63, 3.8) is 0 Å². The Balaban J connectivity index is 1.08. The Morgan fingerprint density at radius 3 is 1.15 bits per heavy atom. The van der Waals surface area contributed by atoms with Gasteiger partial charge in [-0.15, -0.1) is 0 Å². The van der Waals surface area contributed by atoms with E-state index in [0.29, 0.717) is 12.0 Å². The molecule has 0 spiro atoms. The molecule has 0 aliphatic heterocycles. The molecule has 2 amide bonds. The van der Waals surface area contributed by atoms with Crippen molar-refractivity contribution in [1.82, 2.24) is 0 Å². The van der Waals surface area contributed by atoms with Crippen LogP contribution in [-0.4, -0.2) is 34.9 Å². The highest BCUT2D eigenvalue weighted by Gasteiger charge is 2.38. The first-order valence-corrected chi connectivity index (χ1v) is 22.7. The molecule has 0 saturated carbocycles. The number of carbonyl (C=O) groups excluding carboxylic acids is 6. The molecule has 8 heteroatoms. The molecule has 8 nitrogen and oxygen atoms in total. The van der Waals surface area contributed by atoms with E-state index in [1.165, 1.54) is 77.0 Å². The van der Waals surface area contributed by atoms with E-state index >= 15 is 0 Å². The van der Waals surface area contributed by atoms with Gasteiger partial charge in [0.1, 0.15) is 0 Å². The summed E-state index contributed by atoms with van der Waals surface area (Å²) in [7, 11) is 0. The monoisotopic (exact) mass is 828 g/mol. The minimum atomic E-state index is -0.464. The third-order valence-corrected chi connectivity index (χ3v) is 12.3. The van der Waals surface area contributed by atoms with E-state index in [1.54, 1.807) is 103 Å². The Labute approximate surface area is 364 Å². The van der Waals surface area contributed by atoms with Gasteiger partial charge in [-0.2, -0.15) is 0 Å². The molecule has 5 aromatic rings. The number of benzene rings is 5. The zero-order valence-electron chi connectivity index (χ0n) is 35.8. The number of ketones is 4. The van der Waals surface area contributed by atoms with Crippen molar-refractivity contribution >= 4 is 46.3 Å². The smallest absolute Gasteiger partial charge is 0.255 e. The van der Waals surface area contributed by atoms with Gasteiger partial charge in [0.25, 0.3) is 5.91 Å². The molecule has 62 heavy (non-hydrogen) atoms. The van der Waals surface area contributed by atoms with E-state index in [9.17, 15) is 28.8 Å². The number of anilines is 2. The molecular formula is C54H56N2O6. The molecule has 0 heterocycles. The van der Waals surface area contributed by atoms with E-state index in [2.05, 4.69) is 17.6 Å². The minimum Gasteiger partial charge on any atom is -0.325 e. The lowest BCUT2D eigenvalue weighted by molar-refractivity contribution is -0.116. The molecule has 7 rings (SSSR count). The summed E-state index contributed by atoms with van der Waals surface area (Å²) in [4.78, 5) is 84.5. The van der Waals surface area contributed by atoms with Gasteiger partial charge in [0.2, 0.25) is 5.91 Å². The summed E-state index contributed by atoms with van der Waals surface area (Å²) >= 11 is 0. The minimum absolute atomic E-state index is 0.00426. The fraction of sp³-hybridized carbons (Fsp3) is 0.333. The van der Waals surface area contributed by atoms with Crippen LogP contribution in [0.2, 0.25) is 0 Å². The Hall–Kier alpha value is -6.28. The maximum atomic E-state index is 14.5. The van der Waals surface area contributed by atoms with Gasteiger partial charge in [-0.05, 0) is 41.8 Å². The molecule has 2 aliphatic carbocycles. The van der Waals surface area contributed by atoms with Crippen LogP contribution in [0.5, 0.6) is 0 Å². The van der Waals surface area contributed by atoms with Gasteiger partial charge in [0, 0.05) is 45.4 Å². The van der Waals surface area contributed by atoms with Crippen molar-refractivity contribution in [1.29, 1.82) is 0 Å². The van der Waals surface area contributed by atoms with Gasteiger partial charge in [-0.3, -0.25) is 28.8 Å². The van der Waals surface area contributed by atoms with Gasteiger partial charge >= 0.3 is 0 Å². The Kier molecular flexibility index (Phi) is 14.8. The Morgan fingerprint density at radius 2 is 0.726 bits per heavy atom.